The van der Waals surface area contributed by atoms with E-state index in [-0.39, 0.29) is 5.75 Å². The number of benzene rings is 1. The molecule has 2 N–H and O–H groups in total. The molecule has 0 unspecified atom stereocenters. The molecule has 1 aromatic heterocycles. The molecule has 1 fully saturated rings. The van der Waals surface area contributed by atoms with Crippen molar-refractivity contribution in [2.45, 2.75) is 32.9 Å². The highest BCUT2D eigenvalue weighted by molar-refractivity contribution is 5.68. The summed E-state index contributed by atoms with van der Waals surface area (Å²) in [5.41, 5.74) is 8.64. The van der Waals surface area contributed by atoms with Gasteiger partial charge in [0.2, 0.25) is 0 Å². The van der Waals surface area contributed by atoms with Crippen LogP contribution in [0.5, 0.6) is 5.75 Å². The van der Waals surface area contributed by atoms with E-state index in [1.807, 2.05) is 11.6 Å². The molecule has 1 aliphatic rings. The number of halogens is 2. The lowest BCUT2D eigenvalue weighted by Gasteiger charge is -2.05. The normalized spacial score (nSPS) is 14.7. The smallest absolute Gasteiger partial charge is 0.387 e. The largest absolute Gasteiger partial charge is 0.435 e. The van der Waals surface area contributed by atoms with Crippen molar-refractivity contribution in [1.29, 1.82) is 0 Å². The summed E-state index contributed by atoms with van der Waals surface area (Å²) in [6.07, 6.45) is 2.46. The van der Waals surface area contributed by atoms with Crippen LogP contribution >= 0.6 is 0 Å². The molecule has 1 aromatic carbocycles. The van der Waals surface area contributed by atoms with Crippen LogP contribution in [0.25, 0.3) is 11.3 Å². The summed E-state index contributed by atoms with van der Waals surface area (Å²) in [6, 6.07) is 6.45. The number of nitrogens with zero attached hydrogens (tertiary/aromatic N) is 2. The van der Waals surface area contributed by atoms with Gasteiger partial charge < -0.3 is 10.5 Å². The van der Waals surface area contributed by atoms with Crippen LogP contribution in [-0.4, -0.2) is 16.4 Å². The third kappa shape index (κ3) is 2.99. The van der Waals surface area contributed by atoms with E-state index in [4.69, 9.17) is 5.73 Å². The molecule has 2 aromatic rings. The van der Waals surface area contributed by atoms with Gasteiger partial charge in [0.1, 0.15) is 11.6 Å². The fourth-order valence-electron chi connectivity index (χ4n) is 2.32. The van der Waals surface area contributed by atoms with Crippen LogP contribution in [0.2, 0.25) is 0 Å². The highest BCUT2D eigenvalue weighted by Crippen LogP contribution is 2.34. The summed E-state index contributed by atoms with van der Waals surface area (Å²) < 4.78 is 30.5. The van der Waals surface area contributed by atoms with Crippen molar-refractivity contribution in [3.8, 4) is 17.0 Å². The van der Waals surface area contributed by atoms with E-state index in [0.717, 1.165) is 23.4 Å². The fraction of sp³-hybridized carbons (Fsp3) is 0.400. The van der Waals surface area contributed by atoms with Crippen molar-refractivity contribution in [1.82, 2.24) is 9.78 Å². The lowest BCUT2D eigenvalue weighted by molar-refractivity contribution is -0.0498. The van der Waals surface area contributed by atoms with Gasteiger partial charge in [0.25, 0.3) is 0 Å². The van der Waals surface area contributed by atoms with Crippen molar-refractivity contribution in [2.24, 2.45) is 5.92 Å². The number of hydrogen-bond donors (Lipinski definition) is 1. The molecule has 1 heterocycles. The number of anilines is 1. The van der Waals surface area contributed by atoms with Crippen molar-refractivity contribution >= 4 is 5.82 Å². The second kappa shape index (κ2) is 5.35. The Hall–Kier alpha value is -2.11. The molecule has 6 heteroatoms. The monoisotopic (exact) mass is 293 g/mol. The number of rotatable bonds is 5. The standard InChI is InChI=1S/C15H17F2N3O/c1-9-13(19-20(14(9)18)8-10-2-3-10)11-4-6-12(7-5-11)21-15(16)17/h4-7,10,15H,2-3,8,18H2,1H3. The van der Waals surface area contributed by atoms with Crippen molar-refractivity contribution in [3.05, 3.63) is 29.8 Å². The summed E-state index contributed by atoms with van der Waals surface area (Å²) in [4.78, 5) is 0. The number of nitrogens with two attached hydrogens (primary N) is 1. The third-order valence-electron chi connectivity index (χ3n) is 3.72. The van der Waals surface area contributed by atoms with Gasteiger partial charge in [-0.2, -0.15) is 13.9 Å². The lowest BCUT2D eigenvalue weighted by atomic mass is 10.1. The molecule has 1 aliphatic carbocycles. The van der Waals surface area contributed by atoms with Crippen LogP contribution in [0.4, 0.5) is 14.6 Å². The molecule has 0 bridgehead atoms. The molecule has 3 rings (SSSR count). The Morgan fingerprint density at radius 2 is 2.00 bits per heavy atom. The summed E-state index contributed by atoms with van der Waals surface area (Å²) in [5, 5.41) is 4.55. The molecule has 0 spiro atoms. The first kappa shape index (κ1) is 13.9. The molecule has 21 heavy (non-hydrogen) atoms. The van der Waals surface area contributed by atoms with Crippen LogP contribution in [0.1, 0.15) is 18.4 Å². The molecule has 0 radical (unpaired) electrons. The van der Waals surface area contributed by atoms with Gasteiger partial charge in [0.05, 0.1) is 5.69 Å². The summed E-state index contributed by atoms with van der Waals surface area (Å²) in [7, 11) is 0. The maximum absolute atomic E-state index is 12.1. The summed E-state index contributed by atoms with van der Waals surface area (Å²) in [6.45, 7) is -0.0462. The molecule has 0 aliphatic heterocycles. The second-order valence-corrected chi connectivity index (χ2v) is 5.39. The minimum absolute atomic E-state index is 0.136. The highest BCUT2D eigenvalue weighted by Gasteiger charge is 2.24. The first-order valence-corrected chi connectivity index (χ1v) is 6.92. The number of aromatic nitrogens is 2. The Morgan fingerprint density at radius 1 is 1.33 bits per heavy atom. The van der Waals surface area contributed by atoms with Gasteiger partial charge in [-0.15, -0.1) is 0 Å². The number of hydrogen-bond acceptors (Lipinski definition) is 3. The van der Waals surface area contributed by atoms with E-state index >= 15 is 0 Å². The van der Waals surface area contributed by atoms with Crippen molar-refractivity contribution in [3.63, 3.8) is 0 Å². The zero-order valence-electron chi connectivity index (χ0n) is 11.7. The zero-order chi connectivity index (χ0) is 15.0. The first-order chi connectivity index (χ1) is 10.0. The predicted octanol–water partition coefficient (Wildman–Crippen LogP) is 3.45. The first-order valence-electron chi connectivity index (χ1n) is 6.92. The quantitative estimate of drug-likeness (QED) is 0.918. The molecule has 0 saturated heterocycles. The molecule has 1 saturated carbocycles. The highest BCUT2D eigenvalue weighted by atomic mass is 19.3. The van der Waals surface area contributed by atoms with Crippen LogP contribution in [0, 0.1) is 12.8 Å². The Bertz CT molecular complexity index is 633. The zero-order valence-corrected chi connectivity index (χ0v) is 11.7. The van der Waals surface area contributed by atoms with Gasteiger partial charge >= 0.3 is 6.61 Å². The lowest BCUT2D eigenvalue weighted by Crippen LogP contribution is -2.06. The molecule has 112 valence electrons. The Labute approximate surface area is 121 Å². The summed E-state index contributed by atoms with van der Waals surface area (Å²) in [5.74, 6) is 1.49. The fourth-order valence-corrected chi connectivity index (χ4v) is 2.32. The topological polar surface area (TPSA) is 53.1 Å². The average Bonchev–Trinajstić information content (AvgIpc) is 3.21. The van der Waals surface area contributed by atoms with E-state index in [1.165, 1.54) is 25.0 Å². The molecular weight excluding hydrogens is 276 g/mol. The summed E-state index contributed by atoms with van der Waals surface area (Å²) >= 11 is 0. The van der Waals surface area contributed by atoms with Crippen LogP contribution in [0.15, 0.2) is 24.3 Å². The van der Waals surface area contributed by atoms with Crippen molar-refractivity contribution in [2.75, 3.05) is 5.73 Å². The Morgan fingerprint density at radius 3 is 2.57 bits per heavy atom. The van der Waals surface area contributed by atoms with Crippen LogP contribution in [-0.2, 0) is 6.54 Å². The number of ether oxygens (including phenoxy) is 1. The van der Waals surface area contributed by atoms with Crippen LogP contribution < -0.4 is 10.5 Å². The van der Waals surface area contributed by atoms with Gasteiger partial charge in [-0.3, -0.25) is 0 Å². The van der Waals surface area contributed by atoms with E-state index < -0.39 is 6.61 Å². The van der Waals surface area contributed by atoms with E-state index in [2.05, 4.69) is 9.84 Å². The Kier molecular flexibility index (Phi) is 3.53. The Balaban J connectivity index is 1.85. The van der Waals surface area contributed by atoms with E-state index in [0.29, 0.717) is 11.7 Å². The minimum Gasteiger partial charge on any atom is -0.435 e. The maximum Gasteiger partial charge on any atom is 0.387 e. The predicted molar refractivity (Wildman–Crippen MR) is 76.2 cm³/mol. The van der Waals surface area contributed by atoms with Crippen molar-refractivity contribution < 1.29 is 13.5 Å². The molecular formula is C15H17F2N3O. The minimum atomic E-state index is -2.81. The van der Waals surface area contributed by atoms with Gasteiger partial charge in [-0.05, 0) is 49.9 Å². The number of alkyl halides is 2. The SMILES string of the molecule is Cc1c(-c2ccc(OC(F)F)cc2)nn(CC2CC2)c1N. The van der Waals surface area contributed by atoms with Gasteiger partial charge in [0.15, 0.2) is 0 Å². The molecule has 0 amide bonds. The average molecular weight is 293 g/mol. The van der Waals surface area contributed by atoms with E-state index in [9.17, 15) is 8.78 Å². The molecule has 4 nitrogen and oxygen atoms in total. The van der Waals surface area contributed by atoms with E-state index in [1.54, 1.807) is 12.1 Å². The molecule has 0 atom stereocenters. The van der Waals surface area contributed by atoms with Gasteiger partial charge in [0, 0.05) is 17.7 Å². The third-order valence-corrected chi connectivity index (χ3v) is 3.72. The van der Waals surface area contributed by atoms with Crippen LogP contribution in [0.3, 0.4) is 0 Å². The number of nitrogen functional groups attached to an aromatic ring is 1. The second-order valence-electron chi connectivity index (χ2n) is 5.39. The van der Waals surface area contributed by atoms with Gasteiger partial charge in [-0.25, -0.2) is 4.68 Å². The van der Waals surface area contributed by atoms with Gasteiger partial charge in [-0.1, -0.05) is 0 Å². The maximum atomic E-state index is 12.1.